The van der Waals surface area contributed by atoms with Crippen LogP contribution in [0.3, 0.4) is 0 Å². The summed E-state index contributed by atoms with van der Waals surface area (Å²) in [5, 5.41) is 14.0. The zero-order valence-electron chi connectivity index (χ0n) is 12.5. The molecule has 120 valence electrons. The Morgan fingerprint density at radius 2 is 1.91 bits per heavy atom. The summed E-state index contributed by atoms with van der Waals surface area (Å²) < 4.78 is 6.46. The topological polar surface area (TPSA) is 76.1 Å². The number of hydrogen-bond acceptors (Lipinski definition) is 5. The molecule has 2 N–H and O–H groups in total. The van der Waals surface area contributed by atoms with E-state index in [1.54, 1.807) is 24.3 Å². The second kappa shape index (κ2) is 7.52. The van der Waals surface area contributed by atoms with Gasteiger partial charge in [0.2, 0.25) is 0 Å². The fourth-order valence-electron chi connectivity index (χ4n) is 2.31. The summed E-state index contributed by atoms with van der Waals surface area (Å²) in [6.45, 7) is 1.55. The molecule has 1 amide bonds. The number of ether oxygens (including phenoxy) is 1. The molecule has 3 rings (SSSR count). The Balaban J connectivity index is 1.54. The lowest BCUT2D eigenvalue weighted by molar-refractivity contribution is 0.102. The van der Waals surface area contributed by atoms with E-state index in [1.807, 2.05) is 12.1 Å². The van der Waals surface area contributed by atoms with Gasteiger partial charge in [0.15, 0.2) is 5.82 Å². The molecular formula is C16H17BrN4O2. The van der Waals surface area contributed by atoms with Gasteiger partial charge in [-0.2, -0.15) is 0 Å². The van der Waals surface area contributed by atoms with Crippen molar-refractivity contribution in [1.29, 1.82) is 0 Å². The van der Waals surface area contributed by atoms with Gasteiger partial charge < -0.3 is 15.4 Å². The molecule has 0 saturated carbocycles. The quantitative estimate of drug-likeness (QED) is 0.838. The zero-order valence-corrected chi connectivity index (χ0v) is 14.0. The molecule has 1 aliphatic heterocycles. The minimum atomic E-state index is -0.216. The van der Waals surface area contributed by atoms with E-state index in [1.165, 1.54) is 0 Å². The van der Waals surface area contributed by atoms with Gasteiger partial charge in [0.05, 0.1) is 6.10 Å². The van der Waals surface area contributed by atoms with Gasteiger partial charge in [-0.3, -0.25) is 4.79 Å². The lowest BCUT2D eigenvalue weighted by atomic mass is 10.2. The van der Waals surface area contributed by atoms with Crippen LogP contribution in [0.25, 0.3) is 0 Å². The van der Waals surface area contributed by atoms with Crippen LogP contribution in [-0.4, -0.2) is 35.4 Å². The van der Waals surface area contributed by atoms with Gasteiger partial charge >= 0.3 is 0 Å². The smallest absolute Gasteiger partial charge is 0.256 e. The molecule has 7 heteroatoms. The van der Waals surface area contributed by atoms with E-state index in [2.05, 4.69) is 36.8 Å². The number of anilines is 2. The summed E-state index contributed by atoms with van der Waals surface area (Å²) in [6.07, 6.45) is 2.43. The van der Waals surface area contributed by atoms with E-state index >= 15 is 0 Å². The van der Waals surface area contributed by atoms with Crippen molar-refractivity contribution in [3.63, 3.8) is 0 Å². The number of benzene rings is 1. The number of aromatic nitrogens is 2. The highest BCUT2D eigenvalue weighted by Gasteiger charge is 2.15. The van der Waals surface area contributed by atoms with Crippen LogP contribution in [0.15, 0.2) is 40.9 Å². The Labute approximate surface area is 142 Å². The highest BCUT2D eigenvalue weighted by atomic mass is 79.9. The van der Waals surface area contributed by atoms with Crippen molar-refractivity contribution < 1.29 is 9.53 Å². The average molecular weight is 377 g/mol. The maximum Gasteiger partial charge on any atom is 0.256 e. The number of amides is 1. The lowest BCUT2D eigenvalue weighted by Crippen LogP contribution is -2.19. The van der Waals surface area contributed by atoms with Crippen LogP contribution < -0.4 is 10.6 Å². The van der Waals surface area contributed by atoms with E-state index in [4.69, 9.17) is 4.74 Å². The number of halogens is 1. The summed E-state index contributed by atoms with van der Waals surface area (Å²) in [5.74, 6) is 0.870. The molecule has 1 unspecified atom stereocenters. The molecule has 1 aromatic heterocycles. The second-order valence-corrected chi connectivity index (χ2v) is 6.20. The first-order chi connectivity index (χ1) is 11.2. The summed E-state index contributed by atoms with van der Waals surface area (Å²) in [6, 6.07) is 10.6. The van der Waals surface area contributed by atoms with E-state index in [0.29, 0.717) is 17.2 Å². The van der Waals surface area contributed by atoms with Crippen LogP contribution in [0.2, 0.25) is 0 Å². The third kappa shape index (κ3) is 4.49. The van der Waals surface area contributed by atoms with Crippen molar-refractivity contribution >= 4 is 33.5 Å². The number of hydrogen-bond donors (Lipinski definition) is 2. The van der Waals surface area contributed by atoms with Crippen molar-refractivity contribution in [3.8, 4) is 0 Å². The summed E-state index contributed by atoms with van der Waals surface area (Å²) in [4.78, 5) is 12.1. The molecule has 1 fully saturated rings. The molecule has 0 bridgehead atoms. The number of carbonyl (C=O) groups is 1. The summed E-state index contributed by atoms with van der Waals surface area (Å²) >= 11 is 3.34. The third-order valence-corrected chi connectivity index (χ3v) is 4.08. The number of nitrogens with zero attached hydrogens (tertiary/aromatic N) is 2. The Morgan fingerprint density at radius 3 is 2.57 bits per heavy atom. The molecule has 23 heavy (non-hydrogen) atoms. The normalized spacial score (nSPS) is 17.0. The van der Waals surface area contributed by atoms with Crippen LogP contribution in [0, 0.1) is 0 Å². The molecule has 6 nitrogen and oxygen atoms in total. The minimum Gasteiger partial charge on any atom is -0.376 e. The van der Waals surface area contributed by atoms with E-state index in [9.17, 15) is 4.79 Å². The molecule has 2 aromatic rings. The Bertz CT molecular complexity index is 655. The van der Waals surface area contributed by atoms with Crippen molar-refractivity contribution in [2.24, 2.45) is 0 Å². The minimum absolute atomic E-state index is 0.216. The maximum absolute atomic E-state index is 12.1. The lowest BCUT2D eigenvalue weighted by Gasteiger charge is -2.11. The maximum atomic E-state index is 12.1. The van der Waals surface area contributed by atoms with Crippen molar-refractivity contribution in [3.05, 3.63) is 46.4 Å². The van der Waals surface area contributed by atoms with Gasteiger partial charge in [-0.25, -0.2) is 0 Å². The molecule has 1 aliphatic rings. The van der Waals surface area contributed by atoms with E-state index in [0.717, 1.165) is 30.5 Å². The number of carbonyl (C=O) groups excluding carboxylic acids is 1. The Hall–Kier alpha value is -1.99. The predicted molar refractivity (Wildman–Crippen MR) is 91.6 cm³/mol. The molecule has 0 radical (unpaired) electrons. The van der Waals surface area contributed by atoms with E-state index < -0.39 is 0 Å². The van der Waals surface area contributed by atoms with Crippen molar-refractivity contribution in [2.45, 2.75) is 18.9 Å². The first-order valence-corrected chi connectivity index (χ1v) is 8.26. The SMILES string of the molecule is O=C(Nc1ccc(NCC2CCCO2)nn1)c1ccc(Br)cc1. The fraction of sp³-hybridized carbons (Fsp3) is 0.312. The molecule has 1 atom stereocenters. The van der Waals surface area contributed by atoms with Gasteiger partial charge in [0, 0.05) is 23.2 Å². The van der Waals surface area contributed by atoms with Gasteiger partial charge in [-0.05, 0) is 49.2 Å². The number of nitrogens with one attached hydrogen (secondary N) is 2. The highest BCUT2D eigenvalue weighted by molar-refractivity contribution is 9.10. The largest absolute Gasteiger partial charge is 0.376 e. The monoisotopic (exact) mass is 376 g/mol. The average Bonchev–Trinajstić information content (AvgIpc) is 3.08. The van der Waals surface area contributed by atoms with Crippen LogP contribution in [0.1, 0.15) is 23.2 Å². The van der Waals surface area contributed by atoms with Crippen LogP contribution in [0.4, 0.5) is 11.6 Å². The summed E-state index contributed by atoms with van der Waals surface area (Å²) in [7, 11) is 0. The van der Waals surface area contributed by atoms with Crippen LogP contribution in [-0.2, 0) is 4.74 Å². The standard InChI is InChI=1S/C16H17BrN4O2/c17-12-5-3-11(4-6-12)16(22)19-15-8-7-14(20-21-15)18-10-13-2-1-9-23-13/h3-8,13H,1-2,9-10H2,(H,18,20)(H,19,21,22). The first-order valence-electron chi connectivity index (χ1n) is 7.47. The predicted octanol–water partition coefficient (Wildman–Crippen LogP) is 3.08. The van der Waals surface area contributed by atoms with Crippen LogP contribution >= 0.6 is 15.9 Å². The second-order valence-electron chi connectivity index (χ2n) is 5.28. The van der Waals surface area contributed by atoms with E-state index in [-0.39, 0.29) is 12.0 Å². The fourth-order valence-corrected chi connectivity index (χ4v) is 2.57. The van der Waals surface area contributed by atoms with Crippen LogP contribution in [0.5, 0.6) is 0 Å². The first kappa shape index (κ1) is 15.9. The zero-order chi connectivity index (χ0) is 16.1. The molecule has 1 aromatic carbocycles. The Kier molecular flexibility index (Phi) is 5.19. The molecule has 2 heterocycles. The number of rotatable bonds is 5. The Morgan fingerprint density at radius 1 is 1.17 bits per heavy atom. The summed E-state index contributed by atoms with van der Waals surface area (Å²) in [5.41, 5.74) is 0.565. The van der Waals surface area contributed by atoms with Gasteiger partial charge in [-0.15, -0.1) is 10.2 Å². The van der Waals surface area contributed by atoms with Gasteiger partial charge in [0.1, 0.15) is 5.82 Å². The van der Waals surface area contributed by atoms with Crippen molar-refractivity contribution in [1.82, 2.24) is 10.2 Å². The van der Waals surface area contributed by atoms with Crippen molar-refractivity contribution in [2.75, 3.05) is 23.8 Å². The highest BCUT2D eigenvalue weighted by Crippen LogP contribution is 2.14. The third-order valence-electron chi connectivity index (χ3n) is 3.55. The molecule has 1 saturated heterocycles. The molecule has 0 aliphatic carbocycles. The molecular weight excluding hydrogens is 360 g/mol. The van der Waals surface area contributed by atoms with Gasteiger partial charge in [-0.1, -0.05) is 15.9 Å². The molecule has 0 spiro atoms. The van der Waals surface area contributed by atoms with Gasteiger partial charge in [0.25, 0.3) is 5.91 Å².